The minimum atomic E-state index is -3.80. The van der Waals surface area contributed by atoms with Crippen molar-refractivity contribution in [2.24, 2.45) is 0 Å². The zero-order valence-electron chi connectivity index (χ0n) is 12.8. The van der Waals surface area contributed by atoms with Gasteiger partial charge in [0.25, 0.3) is 10.1 Å². The van der Waals surface area contributed by atoms with E-state index >= 15 is 0 Å². The molecule has 0 aliphatic rings. The summed E-state index contributed by atoms with van der Waals surface area (Å²) in [5, 5.41) is 10.8. The Kier molecular flexibility index (Phi) is 8.94. The monoisotopic (exact) mass is 361 g/mol. The number of hydrogen-bond donors (Lipinski definition) is 2. The minimum Gasteiger partial charge on any atom is -0.480 e. The molecule has 9 nitrogen and oxygen atoms in total. The summed E-state index contributed by atoms with van der Waals surface area (Å²) in [6.07, 6.45) is 0. The number of carbonyl (C=O) groups excluding carboxylic acids is 1. The van der Waals surface area contributed by atoms with Crippen molar-refractivity contribution >= 4 is 22.0 Å². The predicted molar refractivity (Wildman–Crippen MR) is 81.9 cm³/mol. The zero-order chi connectivity index (χ0) is 17.8. The highest BCUT2D eigenvalue weighted by atomic mass is 32.2. The van der Waals surface area contributed by atoms with Gasteiger partial charge in [0.1, 0.15) is 13.2 Å². The third kappa shape index (κ3) is 8.58. The molecule has 0 aliphatic heterocycles. The van der Waals surface area contributed by atoms with Crippen molar-refractivity contribution in [3.8, 4) is 0 Å². The lowest BCUT2D eigenvalue weighted by Crippen LogP contribution is -2.31. The fraction of sp³-hybridized carbons (Fsp3) is 0.429. The Bertz CT molecular complexity index is 617. The van der Waals surface area contributed by atoms with Crippen molar-refractivity contribution in [2.45, 2.75) is 4.90 Å². The van der Waals surface area contributed by atoms with Crippen LogP contribution in [0.3, 0.4) is 0 Å². The largest absolute Gasteiger partial charge is 0.480 e. The van der Waals surface area contributed by atoms with Crippen LogP contribution in [0.2, 0.25) is 0 Å². The lowest BCUT2D eigenvalue weighted by molar-refractivity contribution is -0.143. The Morgan fingerprint density at radius 1 is 1.00 bits per heavy atom. The van der Waals surface area contributed by atoms with Gasteiger partial charge in [0.05, 0.1) is 24.7 Å². The molecule has 24 heavy (non-hydrogen) atoms. The lowest BCUT2D eigenvalue weighted by Gasteiger charge is -2.07. The fourth-order valence-corrected chi connectivity index (χ4v) is 2.42. The van der Waals surface area contributed by atoms with Gasteiger partial charge in [-0.3, -0.25) is 8.98 Å². The summed E-state index contributed by atoms with van der Waals surface area (Å²) < 4.78 is 38.1. The summed E-state index contributed by atoms with van der Waals surface area (Å²) in [6.45, 7) is -0.674. The molecule has 0 atom stereocenters. The van der Waals surface area contributed by atoms with E-state index in [-0.39, 0.29) is 37.9 Å². The van der Waals surface area contributed by atoms with Crippen LogP contribution in [0.5, 0.6) is 0 Å². The number of rotatable bonds is 12. The Morgan fingerprint density at radius 3 is 2.38 bits per heavy atom. The number of benzene rings is 1. The molecule has 0 fully saturated rings. The lowest BCUT2D eigenvalue weighted by atomic mass is 10.4. The van der Waals surface area contributed by atoms with Crippen LogP contribution in [0, 0.1) is 0 Å². The Labute approximate surface area is 139 Å². The number of ether oxygens (including phenoxy) is 2. The first-order chi connectivity index (χ1) is 11.4. The van der Waals surface area contributed by atoms with E-state index in [0.29, 0.717) is 0 Å². The van der Waals surface area contributed by atoms with Crippen LogP contribution in [-0.2, 0) is 33.4 Å². The van der Waals surface area contributed by atoms with E-state index in [1.54, 1.807) is 18.2 Å². The molecule has 1 rings (SSSR count). The summed E-state index contributed by atoms with van der Waals surface area (Å²) in [5.41, 5.74) is 0. The molecule has 1 amide bonds. The maximum absolute atomic E-state index is 11.8. The first kappa shape index (κ1) is 20.0. The van der Waals surface area contributed by atoms with Gasteiger partial charge in [0.2, 0.25) is 5.91 Å². The van der Waals surface area contributed by atoms with Crippen LogP contribution >= 0.6 is 0 Å². The molecule has 0 bridgehead atoms. The van der Waals surface area contributed by atoms with Gasteiger partial charge >= 0.3 is 5.97 Å². The van der Waals surface area contributed by atoms with E-state index in [1.165, 1.54) is 12.1 Å². The van der Waals surface area contributed by atoms with Crippen LogP contribution in [0.1, 0.15) is 0 Å². The molecule has 10 heteroatoms. The average Bonchev–Trinajstić information content (AvgIpc) is 2.54. The topological polar surface area (TPSA) is 128 Å². The number of hydrogen-bond acceptors (Lipinski definition) is 7. The van der Waals surface area contributed by atoms with Crippen LogP contribution in [0.25, 0.3) is 0 Å². The summed E-state index contributed by atoms with van der Waals surface area (Å²) in [5.74, 6) is -1.63. The summed E-state index contributed by atoms with van der Waals surface area (Å²) >= 11 is 0. The maximum Gasteiger partial charge on any atom is 0.329 e. The van der Waals surface area contributed by atoms with Crippen molar-refractivity contribution in [3.63, 3.8) is 0 Å². The van der Waals surface area contributed by atoms with Gasteiger partial charge < -0.3 is 19.9 Å². The first-order valence-electron chi connectivity index (χ1n) is 7.00. The smallest absolute Gasteiger partial charge is 0.329 e. The van der Waals surface area contributed by atoms with Crippen LogP contribution in [0.15, 0.2) is 35.2 Å². The molecule has 0 aromatic heterocycles. The molecule has 1 aromatic rings. The van der Waals surface area contributed by atoms with Gasteiger partial charge in [0, 0.05) is 6.54 Å². The molecule has 0 unspecified atom stereocenters. The number of carboxylic acids is 1. The molecule has 2 N–H and O–H groups in total. The van der Waals surface area contributed by atoms with E-state index in [2.05, 4.69) is 10.1 Å². The molecule has 0 heterocycles. The number of carbonyl (C=O) groups is 2. The summed E-state index contributed by atoms with van der Waals surface area (Å²) in [6, 6.07) is 7.74. The second-order valence-electron chi connectivity index (χ2n) is 4.44. The van der Waals surface area contributed by atoms with Gasteiger partial charge in [-0.05, 0) is 12.1 Å². The predicted octanol–water partition coefficient (Wildman–Crippen LogP) is -0.374. The van der Waals surface area contributed by atoms with Gasteiger partial charge in [-0.25, -0.2) is 4.79 Å². The maximum atomic E-state index is 11.8. The average molecular weight is 361 g/mol. The van der Waals surface area contributed by atoms with Crippen molar-refractivity contribution in [1.82, 2.24) is 5.32 Å². The quantitative estimate of drug-likeness (QED) is 0.381. The van der Waals surface area contributed by atoms with Crippen molar-refractivity contribution in [1.29, 1.82) is 0 Å². The minimum absolute atomic E-state index is 0.0391. The Morgan fingerprint density at radius 2 is 1.71 bits per heavy atom. The van der Waals surface area contributed by atoms with E-state index in [1.807, 2.05) is 0 Å². The fourth-order valence-electron chi connectivity index (χ4n) is 1.50. The second-order valence-corrected chi connectivity index (χ2v) is 6.05. The Balaban J connectivity index is 2.06. The first-order valence-corrected chi connectivity index (χ1v) is 8.41. The van der Waals surface area contributed by atoms with Gasteiger partial charge in [0.15, 0.2) is 0 Å². The number of nitrogens with one attached hydrogen (secondary N) is 1. The van der Waals surface area contributed by atoms with Crippen molar-refractivity contribution < 1.29 is 36.8 Å². The highest BCUT2D eigenvalue weighted by molar-refractivity contribution is 7.86. The van der Waals surface area contributed by atoms with E-state index in [0.717, 1.165) is 0 Å². The Hall–Kier alpha value is -2.01. The van der Waals surface area contributed by atoms with E-state index < -0.39 is 28.6 Å². The highest BCUT2D eigenvalue weighted by Crippen LogP contribution is 2.10. The van der Waals surface area contributed by atoms with E-state index in [4.69, 9.17) is 14.0 Å². The molecule has 1 aromatic carbocycles. The van der Waals surface area contributed by atoms with Gasteiger partial charge in [-0.1, -0.05) is 18.2 Å². The number of aliphatic carboxylic acids is 1. The summed E-state index contributed by atoms with van der Waals surface area (Å²) in [4.78, 5) is 21.5. The molecule has 0 spiro atoms. The standard InChI is InChI=1S/C14H19NO8S/c16-13(10-22-11-14(17)18)15-6-7-21-8-9-23-24(19,20)12-4-2-1-3-5-12/h1-5H,6-11H2,(H,15,16)(H,17,18). The third-order valence-corrected chi connectivity index (χ3v) is 3.85. The third-order valence-electron chi connectivity index (χ3n) is 2.53. The number of amides is 1. The highest BCUT2D eigenvalue weighted by Gasteiger charge is 2.13. The summed E-state index contributed by atoms with van der Waals surface area (Å²) in [7, 11) is -3.80. The number of carboxylic acid groups (broad SMARTS) is 1. The SMILES string of the molecule is O=C(O)COCC(=O)NCCOCCOS(=O)(=O)c1ccccc1. The van der Waals surface area contributed by atoms with Crippen LogP contribution < -0.4 is 5.32 Å². The van der Waals surface area contributed by atoms with Gasteiger partial charge in [-0.2, -0.15) is 8.42 Å². The zero-order valence-corrected chi connectivity index (χ0v) is 13.7. The molecular formula is C14H19NO8S. The van der Waals surface area contributed by atoms with Crippen molar-refractivity contribution in [3.05, 3.63) is 30.3 Å². The van der Waals surface area contributed by atoms with E-state index in [9.17, 15) is 18.0 Å². The molecule has 0 saturated carbocycles. The molecule has 134 valence electrons. The van der Waals surface area contributed by atoms with Crippen molar-refractivity contribution in [2.75, 3.05) is 39.6 Å². The molecule has 0 aliphatic carbocycles. The van der Waals surface area contributed by atoms with Crippen LogP contribution in [-0.4, -0.2) is 65.0 Å². The molecular weight excluding hydrogens is 342 g/mol. The molecule has 0 radical (unpaired) electrons. The molecule has 0 saturated heterocycles. The van der Waals surface area contributed by atoms with Gasteiger partial charge in [-0.15, -0.1) is 0 Å². The van der Waals surface area contributed by atoms with Crippen LogP contribution in [0.4, 0.5) is 0 Å². The normalized spacial score (nSPS) is 11.2. The second kappa shape index (κ2) is 10.7.